The molecule has 5 nitrogen and oxygen atoms in total. The molecule has 0 radical (unpaired) electrons. The van der Waals surface area contributed by atoms with Crippen LogP contribution in [0.25, 0.3) is 10.8 Å². The third-order valence-corrected chi connectivity index (χ3v) is 6.25. The predicted molar refractivity (Wildman–Crippen MR) is 136 cm³/mol. The van der Waals surface area contributed by atoms with E-state index < -0.39 is 6.04 Å². The lowest BCUT2D eigenvalue weighted by Crippen LogP contribution is -2.51. The van der Waals surface area contributed by atoms with Gasteiger partial charge in [-0.05, 0) is 65.5 Å². The molecule has 0 aliphatic carbocycles. The highest BCUT2D eigenvalue weighted by molar-refractivity contribution is 9.10. The Morgan fingerprint density at radius 2 is 1.82 bits per heavy atom. The van der Waals surface area contributed by atoms with Crippen molar-refractivity contribution in [3.63, 3.8) is 0 Å². The van der Waals surface area contributed by atoms with Crippen LogP contribution in [-0.4, -0.2) is 35.4 Å². The Hall–Kier alpha value is -2.86. The van der Waals surface area contributed by atoms with Gasteiger partial charge in [0.2, 0.25) is 5.91 Å². The molecule has 0 unspecified atom stereocenters. The van der Waals surface area contributed by atoms with E-state index in [2.05, 4.69) is 21.2 Å². The second-order valence-corrected chi connectivity index (χ2v) is 9.28. The van der Waals surface area contributed by atoms with E-state index in [-0.39, 0.29) is 24.5 Å². The highest BCUT2D eigenvalue weighted by Crippen LogP contribution is 2.33. The average molecular weight is 511 g/mol. The number of hydrogen-bond donors (Lipinski definition) is 1. The molecule has 174 valence electrons. The van der Waals surface area contributed by atoms with Crippen LogP contribution in [0.15, 0.2) is 65.1 Å². The first-order valence-electron chi connectivity index (χ1n) is 11.3. The number of carbonyl (C=O) groups is 2. The topological polar surface area (TPSA) is 58.6 Å². The van der Waals surface area contributed by atoms with E-state index in [1.807, 2.05) is 88.4 Å². The van der Waals surface area contributed by atoms with Gasteiger partial charge in [0.25, 0.3) is 5.91 Å². The van der Waals surface area contributed by atoms with E-state index in [0.717, 1.165) is 26.4 Å². The number of benzene rings is 3. The van der Waals surface area contributed by atoms with Gasteiger partial charge in [0.1, 0.15) is 11.8 Å². The first kappa shape index (κ1) is 24.8. The zero-order valence-corrected chi connectivity index (χ0v) is 21.2. The molecular formula is C27H31BrN2O3. The lowest BCUT2D eigenvalue weighted by Gasteiger charge is -2.31. The number of halogens is 1. The Morgan fingerprint density at radius 3 is 2.52 bits per heavy atom. The van der Waals surface area contributed by atoms with Crippen molar-refractivity contribution >= 4 is 38.5 Å². The first-order chi connectivity index (χ1) is 15.8. The molecular weight excluding hydrogens is 480 g/mol. The van der Waals surface area contributed by atoms with Crippen LogP contribution in [0.2, 0.25) is 0 Å². The quantitative estimate of drug-likeness (QED) is 0.406. The first-order valence-corrected chi connectivity index (χ1v) is 12.0. The summed E-state index contributed by atoms with van der Waals surface area (Å²) in [5.74, 6) is 0.208. The number of ether oxygens (including phenoxy) is 1. The third kappa shape index (κ3) is 6.35. The zero-order valence-electron chi connectivity index (χ0n) is 19.6. The van der Waals surface area contributed by atoms with Crippen LogP contribution in [0.5, 0.6) is 5.75 Å². The SMILES string of the molecule is CC[C@H](C(=O)NC(C)C)N(Cc1cccc(C)c1)C(=O)COc1ccc2ccccc2c1Br. The molecule has 3 rings (SSSR count). The van der Waals surface area contributed by atoms with E-state index in [1.54, 1.807) is 4.90 Å². The highest BCUT2D eigenvalue weighted by atomic mass is 79.9. The largest absolute Gasteiger partial charge is 0.483 e. The fourth-order valence-corrected chi connectivity index (χ4v) is 4.46. The molecule has 0 saturated heterocycles. The van der Waals surface area contributed by atoms with Crippen LogP contribution in [0, 0.1) is 6.92 Å². The van der Waals surface area contributed by atoms with Crippen LogP contribution >= 0.6 is 15.9 Å². The number of hydrogen-bond acceptors (Lipinski definition) is 3. The molecule has 2 amide bonds. The fourth-order valence-electron chi connectivity index (χ4n) is 3.85. The van der Waals surface area contributed by atoms with E-state index in [4.69, 9.17) is 4.74 Å². The maximum Gasteiger partial charge on any atom is 0.261 e. The van der Waals surface area contributed by atoms with Gasteiger partial charge < -0.3 is 15.0 Å². The molecule has 0 fully saturated rings. The standard InChI is InChI=1S/C27H31BrN2O3/c1-5-23(27(32)29-18(2)3)30(16-20-10-8-9-19(4)15-20)25(31)17-33-24-14-13-21-11-6-7-12-22(21)26(24)28/h6-15,18,23H,5,16-17H2,1-4H3,(H,29,32)/t23-/m1/s1. The summed E-state index contributed by atoms with van der Waals surface area (Å²) in [5, 5.41) is 5.05. The zero-order chi connectivity index (χ0) is 24.0. The Kier molecular flexibility index (Phi) is 8.50. The monoisotopic (exact) mass is 510 g/mol. The van der Waals surface area contributed by atoms with Crippen molar-refractivity contribution in [2.75, 3.05) is 6.61 Å². The molecule has 0 aromatic heterocycles. The molecule has 3 aromatic rings. The van der Waals surface area contributed by atoms with Crippen molar-refractivity contribution in [1.82, 2.24) is 10.2 Å². The average Bonchev–Trinajstić information content (AvgIpc) is 2.78. The Bertz CT molecular complexity index is 1130. The number of carbonyl (C=O) groups excluding carboxylic acids is 2. The maximum atomic E-state index is 13.4. The Morgan fingerprint density at radius 1 is 1.06 bits per heavy atom. The van der Waals surface area contributed by atoms with Crippen LogP contribution in [0.4, 0.5) is 0 Å². The molecule has 1 N–H and O–H groups in total. The summed E-state index contributed by atoms with van der Waals surface area (Å²) >= 11 is 3.61. The number of nitrogens with zero attached hydrogens (tertiary/aromatic N) is 1. The summed E-state index contributed by atoms with van der Waals surface area (Å²) in [4.78, 5) is 27.9. The predicted octanol–water partition coefficient (Wildman–Crippen LogP) is 5.62. The lowest BCUT2D eigenvalue weighted by atomic mass is 10.1. The number of amides is 2. The van der Waals surface area contributed by atoms with Crippen molar-refractivity contribution in [1.29, 1.82) is 0 Å². The minimum atomic E-state index is -0.580. The van der Waals surface area contributed by atoms with Gasteiger partial charge in [-0.2, -0.15) is 0 Å². The number of aryl methyl sites for hydroxylation is 1. The maximum absolute atomic E-state index is 13.4. The number of nitrogens with one attached hydrogen (secondary N) is 1. The normalized spacial score (nSPS) is 11.9. The van der Waals surface area contributed by atoms with Crippen molar-refractivity contribution in [2.24, 2.45) is 0 Å². The lowest BCUT2D eigenvalue weighted by molar-refractivity contribution is -0.143. The Labute approximate surface area is 204 Å². The van der Waals surface area contributed by atoms with E-state index >= 15 is 0 Å². The summed E-state index contributed by atoms with van der Waals surface area (Å²) in [6.07, 6.45) is 0.510. The minimum absolute atomic E-state index is 0.00715. The van der Waals surface area contributed by atoms with Crippen molar-refractivity contribution < 1.29 is 14.3 Å². The molecule has 33 heavy (non-hydrogen) atoms. The number of rotatable bonds is 9. The summed E-state index contributed by atoms with van der Waals surface area (Å²) in [6, 6.07) is 19.2. The molecule has 0 aliphatic heterocycles. The number of fused-ring (bicyclic) bond motifs is 1. The molecule has 0 aliphatic rings. The van der Waals surface area contributed by atoms with E-state index in [1.165, 1.54) is 0 Å². The van der Waals surface area contributed by atoms with E-state index in [0.29, 0.717) is 18.7 Å². The van der Waals surface area contributed by atoms with Crippen molar-refractivity contribution in [2.45, 2.75) is 52.7 Å². The van der Waals surface area contributed by atoms with Gasteiger partial charge in [-0.15, -0.1) is 0 Å². The molecule has 0 heterocycles. The van der Waals surface area contributed by atoms with Gasteiger partial charge in [0.05, 0.1) is 4.47 Å². The summed E-state index contributed by atoms with van der Waals surface area (Å²) in [7, 11) is 0. The van der Waals surface area contributed by atoms with Crippen molar-refractivity contribution in [3.05, 3.63) is 76.3 Å². The second-order valence-electron chi connectivity index (χ2n) is 8.49. The van der Waals surface area contributed by atoms with Crippen LogP contribution in [0.1, 0.15) is 38.3 Å². The molecule has 0 spiro atoms. The van der Waals surface area contributed by atoms with Gasteiger partial charge in [0, 0.05) is 12.6 Å². The second kappa shape index (κ2) is 11.3. The van der Waals surface area contributed by atoms with Gasteiger partial charge in [0.15, 0.2) is 6.61 Å². The highest BCUT2D eigenvalue weighted by Gasteiger charge is 2.29. The van der Waals surface area contributed by atoms with Crippen LogP contribution in [0.3, 0.4) is 0 Å². The molecule has 3 aromatic carbocycles. The summed E-state index contributed by atoms with van der Waals surface area (Å²) < 4.78 is 6.74. The van der Waals surface area contributed by atoms with Gasteiger partial charge in [-0.25, -0.2) is 0 Å². The Balaban J connectivity index is 1.83. The molecule has 0 saturated carbocycles. The van der Waals surface area contributed by atoms with Crippen LogP contribution < -0.4 is 10.1 Å². The van der Waals surface area contributed by atoms with Gasteiger partial charge >= 0.3 is 0 Å². The summed E-state index contributed by atoms with van der Waals surface area (Å²) in [5.41, 5.74) is 2.09. The third-order valence-electron chi connectivity index (χ3n) is 5.43. The van der Waals surface area contributed by atoms with Crippen molar-refractivity contribution in [3.8, 4) is 5.75 Å². The summed E-state index contributed by atoms with van der Waals surface area (Å²) in [6.45, 7) is 7.94. The minimum Gasteiger partial charge on any atom is -0.483 e. The molecule has 1 atom stereocenters. The molecule has 6 heteroatoms. The van der Waals surface area contributed by atoms with Gasteiger partial charge in [-0.1, -0.05) is 67.1 Å². The van der Waals surface area contributed by atoms with Crippen LogP contribution in [-0.2, 0) is 16.1 Å². The van der Waals surface area contributed by atoms with Gasteiger partial charge in [-0.3, -0.25) is 9.59 Å². The fraction of sp³-hybridized carbons (Fsp3) is 0.333. The molecule has 0 bridgehead atoms. The van der Waals surface area contributed by atoms with E-state index in [9.17, 15) is 9.59 Å². The smallest absolute Gasteiger partial charge is 0.261 e.